The summed E-state index contributed by atoms with van der Waals surface area (Å²) < 4.78 is 4.94. The van der Waals surface area contributed by atoms with Gasteiger partial charge in [-0.15, -0.1) is 0 Å². The molecule has 1 radical (unpaired) electrons. The van der Waals surface area contributed by atoms with E-state index in [1.807, 2.05) is 12.1 Å². The van der Waals surface area contributed by atoms with Gasteiger partial charge >= 0.3 is 0 Å². The first-order valence-corrected chi connectivity index (χ1v) is 2.99. The van der Waals surface area contributed by atoms with Crippen LogP contribution in [0.3, 0.4) is 0 Å². The van der Waals surface area contributed by atoms with Crippen molar-refractivity contribution in [3.8, 4) is 5.75 Å². The summed E-state index contributed by atoms with van der Waals surface area (Å²) in [4.78, 5) is 0. The van der Waals surface area contributed by atoms with Crippen molar-refractivity contribution in [2.75, 3.05) is 7.11 Å². The van der Waals surface area contributed by atoms with Crippen LogP contribution in [0.1, 0.15) is 5.56 Å². The van der Waals surface area contributed by atoms with Crippen LogP contribution in [-0.2, 0) is 0 Å². The van der Waals surface area contributed by atoms with E-state index in [9.17, 15) is 0 Å². The second kappa shape index (κ2) is 3.01. The summed E-state index contributed by atoms with van der Waals surface area (Å²) in [7, 11) is 1.57. The van der Waals surface area contributed by atoms with Crippen molar-refractivity contribution in [1.29, 1.82) is 0 Å². The second-order valence-corrected chi connectivity index (χ2v) is 1.87. The first-order valence-electron chi connectivity index (χ1n) is 2.99. The smallest absolute Gasteiger partial charge is 0.127 e. The van der Waals surface area contributed by atoms with Crippen molar-refractivity contribution in [1.82, 2.24) is 5.41 Å². The topological polar surface area (TPSA) is 31.5 Å². The Morgan fingerprint density at radius 1 is 1.40 bits per heavy atom. The van der Waals surface area contributed by atoms with Crippen LogP contribution < -0.4 is 10.1 Å². The van der Waals surface area contributed by atoms with E-state index >= 15 is 0 Å². The molecule has 0 bridgehead atoms. The fourth-order valence-electron chi connectivity index (χ4n) is 0.773. The van der Waals surface area contributed by atoms with Crippen molar-refractivity contribution in [3.63, 3.8) is 0 Å². The Bertz CT molecular complexity index is 232. The predicted molar refractivity (Wildman–Crippen MR) is 40.3 cm³/mol. The summed E-state index contributed by atoms with van der Waals surface area (Å²) in [6.07, 6.45) is 1.03. The SMILES string of the molecule is COc1ccccc1C=[N]. The monoisotopic (exact) mass is 134 g/mol. The maximum atomic E-state index is 8.64. The number of methoxy groups -OCH3 is 1. The van der Waals surface area contributed by atoms with Crippen LogP contribution in [0, 0.1) is 0 Å². The van der Waals surface area contributed by atoms with Crippen molar-refractivity contribution in [3.05, 3.63) is 29.8 Å². The Morgan fingerprint density at radius 3 is 2.60 bits per heavy atom. The molecule has 0 atom stereocenters. The van der Waals surface area contributed by atoms with Gasteiger partial charge in [0.1, 0.15) is 5.75 Å². The highest BCUT2D eigenvalue weighted by Gasteiger charge is 1.94. The highest BCUT2D eigenvalue weighted by Crippen LogP contribution is 2.13. The molecule has 2 heteroatoms. The van der Waals surface area contributed by atoms with Gasteiger partial charge < -0.3 is 4.74 Å². The van der Waals surface area contributed by atoms with Gasteiger partial charge in [-0.1, -0.05) is 12.1 Å². The van der Waals surface area contributed by atoms with Gasteiger partial charge in [-0.05, 0) is 12.1 Å². The zero-order valence-corrected chi connectivity index (χ0v) is 5.74. The van der Waals surface area contributed by atoms with Gasteiger partial charge in [0.25, 0.3) is 0 Å². The minimum Gasteiger partial charge on any atom is -0.496 e. The summed E-state index contributed by atoms with van der Waals surface area (Å²) in [5.74, 6) is 0.685. The molecular weight excluding hydrogens is 126 g/mol. The fraction of sp³-hybridized carbons (Fsp3) is 0.125. The summed E-state index contributed by atoms with van der Waals surface area (Å²) in [5, 5.41) is 8.64. The molecule has 0 aliphatic rings. The molecule has 0 unspecified atom stereocenters. The maximum Gasteiger partial charge on any atom is 0.127 e. The minimum absolute atomic E-state index is 0.685. The van der Waals surface area contributed by atoms with Gasteiger partial charge in [0.15, 0.2) is 0 Å². The third-order valence-corrected chi connectivity index (χ3v) is 1.28. The Kier molecular flexibility index (Phi) is 2.05. The van der Waals surface area contributed by atoms with Gasteiger partial charge in [0.2, 0.25) is 0 Å². The van der Waals surface area contributed by atoms with Crippen LogP contribution in [0.25, 0.3) is 0 Å². The molecule has 0 saturated heterocycles. The quantitative estimate of drug-likeness (QED) is 0.553. The molecule has 1 aromatic carbocycles. The Hall–Kier alpha value is -1.31. The summed E-state index contributed by atoms with van der Waals surface area (Å²) in [6.45, 7) is 0. The predicted octanol–water partition coefficient (Wildman–Crippen LogP) is 0.914. The van der Waals surface area contributed by atoms with Gasteiger partial charge in [0, 0.05) is 5.56 Å². The lowest BCUT2D eigenvalue weighted by atomic mass is 10.2. The molecule has 0 spiro atoms. The normalized spacial score (nSPS) is 8.90. The molecule has 0 aliphatic carbocycles. The highest BCUT2D eigenvalue weighted by molar-refractivity contribution is 5.81. The molecule has 0 heterocycles. The van der Waals surface area contributed by atoms with Crippen molar-refractivity contribution in [2.24, 2.45) is 0 Å². The van der Waals surface area contributed by atoms with Crippen LogP contribution in [0.5, 0.6) is 5.75 Å². The number of para-hydroxylation sites is 1. The lowest BCUT2D eigenvalue weighted by Gasteiger charge is -2.00. The average Bonchev–Trinajstić information content (AvgIpc) is 2.04. The number of hydrogen-bond donors (Lipinski definition) is 0. The Labute approximate surface area is 60.0 Å². The van der Waals surface area contributed by atoms with E-state index in [-0.39, 0.29) is 0 Å². The van der Waals surface area contributed by atoms with Gasteiger partial charge in [0.05, 0.1) is 13.3 Å². The second-order valence-electron chi connectivity index (χ2n) is 1.87. The molecule has 1 aromatic rings. The molecule has 51 valence electrons. The van der Waals surface area contributed by atoms with Crippen LogP contribution in [0.15, 0.2) is 24.3 Å². The van der Waals surface area contributed by atoms with E-state index in [0.717, 1.165) is 6.21 Å². The lowest BCUT2D eigenvalue weighted by Crippen LogP contribution is -1.89. The standard InChI is InChI=1S/C8H8NO/c1-10-8-5-3-2-4-7(8)6-9/h2-6H,1H3. The molecule has 0 amide bonds. The van der Waals surface area contributed by atoms with Crippen LogP contribution in [0.4, 0.5) is 0 Å². The van der Waals surface area contributed by atoms with Gasteiger partial charge in [-0.3, -0.25) is 0 Å². The number of benzene rings is 1. The largest absolute Gasteiger partial charge is 0.496 e. The van der Waals surface area contributed by atoms with Crippen LogP contribution in [0.2, 0.25) is 0 Å². The maximum absolute atomic E-state index is 8.64. The molecular formula is C8H8NO. The van der Waals surface area contributed by atoms with Crippen molar-refractivity contribution in [2.45, 2.75) is 0 Å². The molecule has 10 heavy (non-hydrogen) atoms. The molecule has 0 N–H and O–H groups in total. The van der Waals surface area contributed by atoms with Crippen LogP contribution >= 0.6 is 0 Å². The Balaban J connectivity index is 3.08. The molecule has 2 nitrogen and oxygen atoms in total. The molecule has 0 saturated carbocycles. The third-order valence-electron chi connectivity index (χ3n) is 1.28. The van der Waals surface area contributed by atoms with E-state index in [1.54, 1.807) is 19.2 Å². The molecule has 1 rings (SSSR count). The molecule has 0 aliphatic heterocycles. The lowest BCUT2D eigenvalue weighted by molar-refractivity contribution is 0.414. The Morgan fingerprint density at radius 2 is 2.10 bits per heavy atom. The zero-order valence-electron chi connectivity index (χ0n) is 5.74. The first kappa shape index (κ1) is 6.81. The fourth-order valence-corrected chi connectivity index (χ4v) is 0.773. The summed E-state index contributed by atoms with van der Waals surface area (Å²) in [5.41, 5.74) is 0.699. The number of nitrogens with zero attached hydrogens (tertiary/aromatic N) is 1. The van der Waals surface area contributed by atoms with Gasteiger partial charge in [-0.25, -0.2) is 0 Å². The van der Waals surface area contributed by atoms with Gasteiger partial charge in [-0.2, -0.15) is 5.41 Å². The minimum atomic E-state index is 0.685. The number of ether oxygens (including phenoxy) is 1. The molecule has 0 aromatic heterocycles. The molecule has 0 fully saturated rings. The van der Waals surface area contributed by atoms with Crippen LogP contribution in [-0.4, -0.2) is 13.3 Å². The summed E-state index contributed by atoms with van der Waals surface area (Å²) >= 11 is 0. The van der Waals surface area contributed by atoms with Crippen molar-refractivity contribution < 1.29 is 4.74 Å². The van der Waals surface area contributed by atoms with E-state index in [1.165, 1.54) is 0 Å². The van der Waals surface area contributed by atoms with E-state index < -0.39 is 0 Å². The first-order chi connectivity index (χ1) is 4.88. The van der Waals surface area contributed by atoms with E-state index in [4.69, 9.17) is 10.1 Å². The number of hydrogen-bond acceptors (Lipinski definition) is 1. The highest BCUT2D eigenvalue weighted by atomic mass is 16.5. The van der Waals surface area contributed by atoms with E-state index in [0.29, 0.717) is 11.3 Å². The third kappa shape index (κ3) is 1.16. The van der Waals surface area contributed by atoms with Crippen molar-refractivity contribution >= 4 is 6.21 Å². The average molecular weight is 134 g/mol. The van der Waals surface area contributed by atoms with E-state index in [2.05, 4.69) is 0 Å². The zero-order chi connectivity index (χ0) is 7.40. The number of rotatable bonds is 2. The summed E-state index contributed by atoms with van der Waals surface area (Å²) in [6, 6.07) is 7.26.